The monoisotopic (exact) mass is 975 g/mol. The number of hydrogen-bond donors (Lipinski definition) is 5. The van der Waals surface area contributed by atoms with Gasteiger partial charge in [-0.15, -0.1) is 0 Å². The van der Waals surface area contributed by atoms with Crippen LogP contribution >= 0.6 is 0 Å². The summed E-state index contributed by atoms with van der Waals surface area (Å²) in [6.45, 7) is 12.4. The Hall–Kier alpha value is -4.41. The van der Waals surface area contributed by atoms with Gasteiger partial charge in [-0.25, -0.2) is 4.79 Å². The van der Waals surface area contributed by atoms with Crippen LogP contribution in [0.1, 0.15) is 77.7 Å². The number of benzene rings is 1. The van der Waals surface area contributed by atoms with Crippen molar-refractivity contribution in [1.82, 2.24) is 15.3 Å². The highest BCUT2D eigenvalue weighted by molar-refractivity contribution is 8.37. The van der Waals surface area contributed by atoms with E-state index in [0.717, 1.165) is 15.3 Å². The van der Waals surface area contributed by atoms with Crippen LogP contribution in [0.4, 0.5) is 4.79 Å². The summed E-state index contributed by atoms with van der Waals surface area (Å²) in [7, 11) is 2.14. The minimum Gasteiger partial charge on any atom is -0.508 e. The summed E-state index contributed by atoms with van der Waals surface area (Å²) in [6, 6.07) is 6.64. The highest BCUT2D eigenvalue weighted by atomic mass is 33.1. The maximum atomic E-state index is 15.1. The lowest BCUT2D eigenvalue weighted by molar-refractivity contribution is -0.339. The zero-order valence-electron chi connectivity index (χ0n) is 38.5. The molecule has 1 spiro atoms. The number of methoxy groups -OCH3 is 1. The number of rotatable bonds is 10. The number of aliphatic hydroxyl groups excluding tert-OH is 1. The molecule has 5 heterocycles. The molecule has 8 unspecified atom stereocenters. The second kappa shape index (κ2) is 21.1. The van der Waals surface area contributed by atoms with E-state index >= 15 is 4.79 Å². The number of ether oxygens (including phenoxy) is 7. The van der Waals surface area contributed by atoms with Gasteiger partial charge < -0.3 is 53.5 Å². The van der Waals surface area contributed by atoms with Gasteiger partial charge in [0.15, 0.2) is 24.0 Å². The van der Waals surface area contributed by atoms with Crippen LogP contribution in [0, 0.1) is 46.9 Å². The third kappa shape index (κ3) is 10.0. The van der Waals surface area contributed by atoms with E-state index in [1.807, 2.05) is 6.92 Å². The maximum absolute atomic E-state index is 15.1. The summed E-state index contributed by atoms with van der Waals surface area (Å²) in [5, 5.41) is 39.8. The summed E-state index contributed by atoms with van der Waals surface area (Å²) in [6.07, 6.45) is -0.390. The van der Waals surface area contributed by atoms with Crippen molar-refractivity contribution in [3.63, 3.8) is 0 Å². The van der Waals surface area contributed by atoms with Crippen molar-refractivity contribution in [1.29, 1.82) is 0 Å². The molecular weight excluding hydrogens is 919 g/mol. The topological polar surface area (TPSA) is 200 Å². The first kappa shape index (κ1) is 50.5. The first-order valence-electron chi connectivity index (χ1n) is 22.4. The van der Waals surface area contributed by atoms with E-state index in [4.69, 9.17) is 33.2 Å². The Morgan fingerprint density at radius 1 is 1.12 bits per heavy atom. The van der Waals surface area contributed by atoms with Crippen LogP contribution in [0.25, 0.3) is 21.8 Å². The van der Waals surface area contributed by atoms with Gasteiger partial charge in [0.25, 0.3) is 0 Å². The molecule has 1 aromatic carbocycles. The third-order valence-corrected chi connectivity index (χ3v) is 13.3. The molecular formula is C49H57N3O12S3. The number of Topliss-reactive ketones (excluding diaryl/α,β-unsaturated/α-hetero) is 1. The molecule has 1 amide bonds. The standard InChI is InChI=1S/C49H57N3O12.S3/c1-8-13-34-38-36(14-11-9-10-12-18-48(34,57)26-49(60-20-21-61-49)42(38)52-46(56)58-7)63-45-41(64-37-23-28(4)30(25-59-37)22-27(2)3)44(55)47(6,29(5)62-45)43(54)40-39-32(17-19-50-40)33-24-31(53)15-16-35(33)51-39;1-3-2/h9-10,13,15-17,19,24,27-30,36-37,41,44-45,51,53,55,57H,8,20-23,25-26H2,1-7H3,(H,52,56);/b10-9-,34-13+;/t28?,29?,30?,36-,37?,41?,44?,45?,47?,48-;/m0./s1. The summed E-state index contributed by atoms with van der Waals surface area (Å²) in [4.78, 5) is 36.1. The molecule has 3 aliphatic heterocycles. The molecule has 2 aromatic heterocycles. The molecule has 358 valence electrons. The van der Waals surface area contributed by atoms with Crippen molar-refractivity contribution < 1.29 is 58.1 Å². The van der Waals surface area contributed by atoms with Gasteiger partial charge in [0.05, 0.1) is 56.1 Å². The van der Waals surface area contributed by atoms with Crippen LogP contribution in [0.2, 0.25) is 0 Å². The Morgan fingerprint density at radius 3 is 2.54 bits per heavy atom. The highest BCUT2D eigenvalue weighted by Gasteiger charge is 2.60. The number of nitrogens with one attached hydrogen (secondary N) is 2. The summed E-state index contributed by atoms with van der Waals surface area (Å²) in [5.41, 5.74) is -1.80. The molecule has 67 heavy (non-hydrogen) atoms. The highest BCUT2D eigenvalue weighted by Crippen LogP contribution is 2.50. The molecule has 2 aliphatic carbocycles. The number of carbonyl (C=O) groups excluding carboxylic acids is 2. The molecule has 2 bridgehead atoms. The second-order valence-corrected chi connectivity index (χ2v) is 19.8. The van der Waals surface area contributed by atoms with Gasteiger partial charge in [0, 0.05) is 71.3 Å². The van der Waals surface area contributed by atoms with Crippen molar-refractivity contribution in [2.75, 3.05) is 26.9 Å². The van der Waals surface area contributed by atoms with Crippen LogP contribution in [0.3, 0.4) is 0 Å². The maximum Gasteiger partial charge on any atom is 0.411 e. The Balaban J connectivity index is 0.00000216. The van der Waals surface area contributed by atoms with E-state index in [9.17, 15) is 20.1 Å². The quantitative estimate of drug-likeness (QED) is 0.118. The molecule has 3 fully saturated rings. The van der Waals surface area contributed by atoms with Gasteiger partial charge in [0.2, 0.25) is 5.79 Å². The zero-order chi connectivity index (χ0) is 48.3. The predicted octanol–water partition coefficient (Wildman–Crippen LogP) is 5.93. The molecule has 18 heteroatoms. The fourth-order valence-corrected chi connectivity index (χ4v) is 9.73. The van der Waals surface area contributed by atoms with Crippen molar-refractivity contribution in [2.45, 2.75) is 116 Å². The summed E-state index contributed by atoms with van der Waals surface area (Å²) in [5.74, 6) is 10.8. The van der Waals surface area contributed by atoms with Gasteiger partial charge in [-0.05, 0) is 80.9 Å². The molecule has 10 atom stereocenters. The molecule has 5 N–H and O–H groups in total. The largest absolute Gasteiger partial charge is 0.508 e. The van der Waals surface area contributed by atoms with E-state index in [2.05, 4.69) is 82.1 Å². The van der Waals surface area contributed by atoms with Crippen LogP contribution in [-0.4, -0.2) is 112 Å². The van der Waals surface area contributed by atoms with E-state index in [0.29, 0.717) is 58.7 Å². The fraction of sp³-hybridized carbons (Fsp3) is 0.531. The minimum absolute atomic E-state index is 0.0647. The number of fused-ring (bicyclic) bond motifs is 5. The molecule has 0 radical (unpaired) electrons. The molecule has 8 rings (SSSR count). The minimum atomic E-state index is -1.88. The summed E-state index contributed by atoms with van der Waals surface area (Å²) >= 11 is 8.25. The Bertz CT molecular complexity index is 2630. The Kier molecular flexibility index (Phi) is 15.9. The van der Waals surface area contributed by atoms with Crippen LogP contribution in [0.5, 0.6) is 5.75 Å². The number of hydrogen-bond acceptors (Lipinski definition) is 15. The zero-order valence-corrected chi connectivity index (χ0v) is 40.9. The Labute approximate surface area is 402 Å². The Morgan fingerprint density at radius 2 is 1.85 bits per heavy atom. The number of aromatic nitrogens is 2. The lowest BCUT2D eigenvalue weighted by Gasteiger charge is -2.50. The number of phenolic OH excluding ortho intramolecular Hbond substituents is 1. The van der Waals surface area contributed by atoms with Crippen molar-refractivity contribution in [2.24, 2.45) is 23.2 Å². The number of phenols is 1. The summed E-state index contributed by atoms with van der Waals surface area (Å²) < 4.78 is 44.3. The average Bonchev–Trinajstić information content (AvgIpc) is 3.92. The number of amides is 1. The van der Waals surface area contributed by atoms with Crippen molar-refractivity contribution >= 4 is 64.9 Å². The van der Waals surface area contributed by atoms with Crippen LogP contribution in [0.15, 0.2) is 65.5 Å². The number of aliphatic hydroxyl groups is 2. The van der Waals surface area contributed by atoms with Gasteiger partial charge in [-0.1, -0.05) is 57.5 Å². The van der Waals surface area contributed by atoms with E-state index < -0.39 is 65.7 Å². The molecule has 3 aromatic rings. The number of aromatic hydroxyl groups is 1. The third-order valence-electron chi connectivity index (χ3n) is 13.3. The number of pyridine rings is 1. The molecule has 0 saturated carbocycles. The first-order valence-corrected chi connectivity index (χ1v) is 25.0. The lowest BCUT2D eigenvalue weighted by Crippen LogP contribution is -2.65. The fourth-order valence-electron chi connectivity index (χ4n) is 9.73. The molecule has 3 saturated heterocycles. The number of nitrogens with zero attached hydrogens (tertiary/aromatic N) is 1. The lowest BCUT2D eigenvalue weighted by atomic mass is 9.70. The van der Waals surface area contributed by atoms with Gasteiger partial charge in [-0.3, -0.25) is 15.1 Å². The molecule has 5 aliphatic rings. The number of allylic oxidation sites excluding steroid dienone is 3. The van der Waals surface area contributed by atoms with E-state index in [1.54, 1.807) is 44.2 Å². The number of ketones is 1. The number of carbonyl (C=O) groups is 2. The first-order chi connectivity index (χ1) is 32.0. The predicted molar refractivity (Wildman–Crippen MR) is 256 cm³/mol. The van der Waals surface area contributed by atoms with Gasteiger partial charge in [0.1, 0.15) is 29.8 Å². The number of aromatic amines is 1. The smallest absolute Gasteiger partial charge is 0.411 e. The number of alkyl carbamates (subject to hydrolysis) is 1. The van der Waals surface area contributed by atoms with Gasteiger partial charge in [-0.2, -0.15) is 0 Å². The number of H-pyrrole nitrogens is 1. The van der Waals surface area contributed by atoms with Gasteiger partial charge >= 0.3 is 6.09 Å². The molecule has 15 nitrogen and oxygen atoms in total. The van der Waals surface area contributed by atoms with Crippen LogP contribution in [-0.2, 0) is 64.4 Å². The normalized spacial score (nSPS) is 32.1. The van der Waals surface area contributed by atoms with E-state index in [-0.39, 0.29) is 48.3 Å². The van der Waals surface area contributed by atoms with Crippen LogP contribution < -0.4 is 5.32 Å². The van der Waals surface area contributed by atoms with Crippen molar-refractivity contribution in [3.8, 4) is 29.4 Å². The van der Waals surface area contributed by atoms with Crippen molar-refractivity contribution in [3.05, 3.63) is 71.2 Å². The SMILES string of the molecule is CC/C=C1\C2=C(NC(=O)OC)C3(C[C@@]1(O)C#C/C=C\C#C[C@@H]2OC1OC(C)C(C)(C(=O)c2nccc4c2[nH]c2ccc(O)cc24)C(O)C1OC1CC(C)C(CC(C)C)CO1)OCCO3.S=S=S. The average molecular weight is 976 g/mol. The van der Waals surface area contributed by atoms with E-state index in [1.165, 1.54) is 25.5 Å². The second-order valence-electron chi connectivity index (χ2n) is 18.0.